The van der Waals surface area contributed by atoms with Gasteiger partial charge in [-0.1, -0.05) is 72.8 Å². The first kappa shape index (κ1) is 18.0. The van der Waals surface area contributed by atoms with E-state index in [2.05, 4.69) is 45.4 Å². The van der Waals surface area contributed by atoms with Crippen LogP contribution in [0.4, 0.5) is 0 Å². The summed E-state index contributed by atoms with van der Waals surface area (Å²) >= 11 is 0. The Labute approximate surface area is 183 Å². The summed E-state index contributed by atoms with van der Waals surface area (Å²) in [6.45, 7) is 0. The Bertz CT molecular complexity index is 1620. The Balaban J connectivity index is 1.59. The van der Waals surface area contributed by atoms with Crippen molar-refractivity contribution in [3.8, 4) is 39.7 Å². The van der Waals surface area contributed by atoms with Crippen LogP contribution in [-0.4, -0.2) is 24.6 Å². The molecule has 0 atom stereocenters. The molecule has 0 aliphatic rings. The molecule has 0 radical (unpaired) electrons. The SMILES string of the molecule is N#Cc1c(-c2c[nH]c3ccccc23)nc2ncnn2c1-c1ccc(-c2ccccc2)cc1. The van der Waals surface area contributed by atoms with E-state index in [0.717, 1.165) is 33.2 Å². The highest BCUT2D eigenvalue weighted by atomic mass is 15.3. The molecule has 32 heavy (non-hydrogen) atoms. The maximum Gasteiger partial charge on any atom is 0.253 e. The third-order valence-electron chi connectivity index (χ3n) is 5.65. The van der Waals surface area contributed by atoms with Crippen molar-refractivity contribution in [3.05, 3.63) is 97.0 Å². The van der Waals surface area contributed by atoms with Gasteiger partial charge in [0.05, 0.1) is 11.4 Å². The lowest BCUT2D eigenvalue weighted by Gasteiger charge is -2.11. The van der Waals surface area contributed by atoms with Gasteiger partial charge in [0, 0.05) is 28.2 Å². The quantitative estimate of drug-likeness (QED) is 0.417. The summed E-state index contributed by atoms with van der Waals surface area (Å²) in [6.07, 6.45) is 3.35. The molecule has 3 aromatic heterocycles. The summed E-state index contributed by atoms with van der Waals surface area (Å²) in [5.74, 6) is 0.450. The van der Waals surface area contributed by atoms with E-state index in [1.54, 1.807) is 4.52 Å². The van der Waals surface area contributed by atoms with E-state index in [1.807, 2.05) is 60.8 Å². The third kappa shape index (κ3) is 2.76. The zero-order chi connectivity index (χ0) is 21.5. The molecule has 0 aliphatic heterocycles. The monoisotopic (exact) mass is 412 g/mol. The normalized spacial score (nSPS) is 11.1. The van der Waals surface area contributed by atoms with Gasteiger partial charge >= 0.3 is 0 Å². The Kier molecular flexibility index (Phi) is 4.05. The summed E-state index contributed by atoms with van der Waals surface area (Å²) in [5.41, 5.74) is 6.70. The minimum absolute atomic E-state index is 0.450. The first-order chi connectivity index (χ1) is 15.8. The fourth-order valence-corrected chi connectivity index (χ4v) is 4.13. The smallest absolute Gasteiger partial charge is 0.253 e. The van der Waals surface area contributed by atoms with Crippen LogP contribution in [0.1, 0.15) is 5.56 Å². The van der Waals surface area contributed by atoms with Crippen molar-refractivity contribution in [2.75, 3.05) is 0 Å². The van der Waals surface area contributed by atoms with Gasteiger partial charge in [-0.15, -0.1) is 0 Å². The lowest BCUT2D eigenvalue weighted by molar-refractivity contribution is 0.945. The molecule has 0 fully saturated rings. The van der Waals surface area contributed by atoms with E-state index in [4.69, 9.17) is 4.98 Å². The number of para-hydroxylation sites is 1. The average molecular weight is 412 g/mol. The molecule has 0 saturated heterocycles. The molecule has 6 aromatic rings. The molecular weight excluding hydrogens is 396 g/mol. The average Bonchev–Trinajstić information content (AvgIpc) is 3.50. The maximum atomic E-state index is 10.2. The highest BCUT2D eigenvalue weighted by molar-refractivity contribution is 5.97. The standard InChI is InChI=1S/C26H16N6/c27-14-21-24(22-15-28-23-9-5-4-8-20(22)23)31-26-29-16-30-32(26)25(21)19-12-10-18(11-13-19)17-6-2-1-3-7-17/h1-13,15-16,28H. The lowest BCUT2D eigenvalue weighted by atomic mass is 9.98. The predicted molar refractivity (Wildman–Crippen MR) is 124 cm³/mol. The van der Waals surface area contributed by atoms with Crippen molar-refractivity contribution in [1.29, 1.82) is 5.26 Å². The molecule has 0 spiro atoms. The second kappa shape index (κ2) is 7.18. The minimum Gasteiger partial charge on any atom is -0.360 e. The van der Waals surface area contributed by atoms with E-state index >= 15 is 0 Å². The largest absolute Gasteiger partial charge is 0.360 e. The Morgan fingerprint density at radius 1 is 0.812 bits per heavy atom. The molecule has 6 heteroatoms. The summed E-state index contributed by atoms with van der Waals surface area (Å²) in [5, 5.41) is 15.6. The van der Waals surface area contributed by atoms with Crippen LogP contribution in [0.15, 0.2) is 91.4 Å². The molecule has 1 N–H and O–H groups in total. The molecule has 0 bridgehead atoms. The van der Waals surface area contributed by atoms with E-state index in [0.29, 0.717) is 22.7 Å². The Morgan fingerprint density at radius 2 is 1.53 bits per heavy atom. The molecule has 6 nitrogen and oxygen atoms in total. The van der Waals surface area contributed by atoms with E-state index < -0.39 is 0 Å². The summed E-state index contributed by atoms with van der Waals surface area (Å²) in [6, 6.07) is 28.7. The molecule has 0 unspecified atom stereocenters. The van der Waals surface area contributed by atoms with Crippen molar-refractivity contribution < 1.29 is 0 Å². The first-order valence-corrected chi connectivity index (χ1v) is 10.2. The number of H-pyrrole nitrogens is 1. The van der Waals surface area contributed by atoms with Crippen LogP contribution in [0, 0.1) is 11.3 Å². The number of rotatable bonds is 3. The number of aromatic amines is 1. The minimum atomic E-state index is 0.450. The first-order valence-electron chi connectivity index (χ1n) is 10.2. The van der Waals surface area contributed by atoms with Crippen molar-refractivity contribution in [1.82, 2.24) is 24.6 Å². The highest BCUT2D eigenvalue weighted by Gasteiger charge is 2.21. The van der Waals surface area contributed by atoms with Gasteiger partial charge in [0.25, 0.3) is 5.78 Å². The van der Waals surface area contributed by atoms with Gasteiger partial charge in [-0.2, -0.15) is 19.9 Å². The van der Waals surface area contributed by atoms with Crippen LogP contribution in [0.25, 0.3) is 50.3 Å². The van der Waals surface area contributed by atoms with Crippen molar-refractivity contribution in [2.45, 2.75) is 0 Å². The number of fused-ring (bicyclic) bond motifs is 2. The number of hydrogen-bond donors (Lipinski definition) is 1. The Hall–Kier alpha value is -4.76. The molecular formula is C26H16N6. The summed E-state index contributed by atoms with van der Waals surface area (Å²) in [7, 11) is 0. The Morgan fingerprint density at radius 3 is 2.34 bits per heavy atom. The van der Waals surface area contributed by atoms with E-state index in [-0.39, 0.29) is 0 Å². The fraction of sp³-hybridized carbons (Fsp3) is 0. The number of nitriles is 1. The van der Waals surface area contributed by atoms with Crippen LogP contribution in [0.2, 0.25) is 0 Å². The van der Waals surface area contributed by atoms with Gasteiger partial charge in [0.2, 0.25) is 0 Å². The molecule has 3 aromatic carbocycles. The number of nitrogens with zero attached hydrogens (tertiary/aromatic N) is 5. The summed E-state index contributed by atoms with van der Waals surface area (Å²) in [4.78, 5) is 12.3. The lowest BCUT2D eigenvalue weighted by Crippen LogP contribution is -2.03. The van der Waals surface area contributed by atoms with Crippen LogP contribution >= 0.6 is 0 Å². The summed E-state index contributed by atoms with van der Waals surface area (Å²) < 4.78 is 1.63. The van der Waals surface area contributed by atoms with Gasteiger partial charge in [-0.05, 0) is 17.2 Å². The fourth-order valence-electron chi connectivity index (χ4n) is 4.13. The maximum absolute atomic E-state index is 10.2. The topological polar surface area (TPSA) is 82.7 Å². The second-order valence-electron chi connectivity index (χ2n) is 7.46. The molecule has 3 heterocycles. The number of nitrogens with one attached hydrogen (secondary N) is 1. The van der Waals surface area contributed by atoms with Crippen LogP contribution in [0.5, 0.6) is 0 Å². The van der Waals surface area contributed by atoms with Gasteiger partial charge in [0.15, 0.2) is 0 Å². The number of hydrogen-bond acceptors (Lipinski definition) is 4. The van der Waals surface area contributed by atoms with E-state index in [1.165, 1.54) is 6.33 Å². The van der Waals surface area contributed by atoms with Crippen LogP contribution < -0.4 is 0 Å². The highest BCUT2D eigenvalue weighted by Crippen LogP contribution is 2.35. The number of aromatic nitrogens is 5. The zero-order valence-corrected chi connectivity index (χ0v) is 16.9. The van der Waals surface area contributed by atoms with Crippen LogP contribution in [0.3, 0.4) is 0 Å². The van der Waals surface area contributed by atoms with Gasteiger partial charge in [0.1, 0.15) is 18.0 Å². The third-order valence-corrected chi connectivity index (χ3v) is 5.65. The van der Waals surface area contributed by atoms with Crippen molar-refractivity contribution >= 4 is 16.7 Å². The molecule has 150 valence electrons. The zero-order valence-electron chi connectivity index (χ0n) is 16.9. The van der Waals surface area contributed by atoms with Crippen molar-refractivity contribution in [3.63, 3.8) is 0 Å². The van der Waals surface area contributed by atoms with Crippen LogP contribution in [-0.2, 0) is 0 Å². The molecule has 0 amide bonds. The second-order valence-corrected chi connectivity index (χ2v) is 7.46. The molecule has 0 aliphatic carbocycles. The predicted octanol–water partition coefficient (Wildman–Crippen LogP) is 5.48. The van der Waals surface area contributed by atoms with Crippen molar-refractivity contribution in [2.24, 2.45) is 0 Å². The van der Waals surface area contributed by atoms with Gasteiger partial charge < -0.3 is 4.98 Å². The van der Waals surface area contributed by atoms with Gasteiger partial charge in [-0.25, -0.2) is 4.98 Å². The molecule has 6 rings (SSSR count). The van der Waals surface area contributed by atoms with Gasteiger partial charge in [-0.3, -0.25) is 0 Å². The molecule has 0 saturated carbocycles. The number of benzene rings is 3. The van der Waals surface area contributed by atoms with E-state index in [9.17, 15) is 5.26 Å².